The molecule has 1 N–H and O–H groups in total. The fraction of sp³-hybridized carbons (Fsp3) is 0.125. The first-order chi connectivity index (χ1) is 16.2. The Morgan fingerprint density at radius 3 is 2.62 bits per heavy atom. The molecule has 0 fully saturated rings. The number of anilines is 2. The number of rotatable bonds is 6. The highest BCUT2D eigenvalue weighted by molar-refractivity contribution is 7.92. The van der Waals surface area contributed by atoms with Gasteiger partial charge in [0, 0.05) is 22.7 Å². The van der Waals surface area contributed by atoms with Gasteiger partial charge in [-0.1, -0.05) is 17.7 Å². The van der Waals surface area contributed by atoms with Gasteiger partial charge in [-0.2, -0.15) is 0 Å². The van der Waals surface area contributed by atoms with Gasteiger partial charge in [0.15, 0.2) is 0 Å². The molecule has 4 rings (SSSR count). The van der Waals surface area contributed by atoms with E-state index >= 15 is 0 Å². The molecule has 1 aliphatic heterocycles. The summed E-state index contributed by atoms with van der Waals surface area (Å²) in [5, 5.41) is 3.12. The number of carbonyl (C=O) groups is 3. The zero-order valence-corrected chi connectivity index (χ0v) is 19.5. The van der Waals surface area contributed by atoms with Gasteiger partial charge in [0.2, 0.25) is 0 Å². The Hall–Kier alpha value is -3.69. The summed E-state index contributed by atoms with van der Waals surface area (Å²) in [7, 11) is -2.75. The van der Waals surface area contributed by atoms with E-state index in [0.717, 1.165) is 5.56 Å². The van der Waals surface area contributed by atoms with Crippen LogP contribution < -0.4 is 9.62 Å². The van der Waals surface area contributed by atoms with Crippen LogP contribution in [0.2, 0.25) is 5.02 Å². The van der Waals surface area contributed by atoms with E-state index in [2.05, 4.69) is 5.32 Å². The predicted molar refractivity (Wildman–Crippen MR) is 127 cm³/mol. The van der Waals surface area contributed by atoms with Crippen molar-refractivity contribution in [2.24, 2.45) is 0 Å². The van der Waals surface area contributed by atoms with Gasteiger partial charge in [0.1, 0.15) is 6.29 Å². The number of benzene rings is 3. The van der Waals surface area contributed by atoms with Crippen LogP contribution in [0.4, 0.5) is 11.4 Å². The monoisotopic (exact) mass is 498 g/mol. The van der Waals surface area contributed by atoms with Gasteiger partial charge >= 0.3 is 5.97 Å². The highest BCUT2D eigenvalue weighted by Crippen LogP contribution is 2.34. The van der Waals surface area contributed by atoms with Gasteiger partial charge in [-0.15, -0.1) is 0 Å². The molecule has 0 radical (unpaired) electrons. The summed E-state index contributed by atoms with van der Waals surface area (Å²) in [6.45, 7) is 0.264. The Morgan fingerprint density at radius 2 is 1.88 bits per heavy atom. The van der Waals surface area contributed by atoms with Gasteiger partial charge < -0.3 is 10.1 Å². The molecule has 10 heteroatoms. The molecule has 0 unspecified atom stereocenters. The molecule has 1 heterocycles. The summed E-state index contributed by atoms with van der Waals surface area (Å²) in [6, 6.07) is 14.8. The molecular weight excluding hydrogens is 480 g/mol. The minimum absolute atomic E-state index is 0.00318. The third-order valence-corrected chi connectivity index (χ3v) is 7.46. The number of nitrogens with zero attached hydrogens (tertiary/aromatic N) is 1. The molecule has 34 heavy (non-hydrogen) atoms. The lowest BCUT2D eigenvalue weighted by Crippen LogP contribution is -2.29. The second-order valence-electron chi connectivity index (χ2n) is 7.50. The summed E-state index contributed by atoms with van der Waals surface area (Å²) in [6.07, 6.45) is 1.10. The number of hydrogen-bond acceptors (Lipinski definition) is 6. The maximum atomic E-state index is 13.3. The lowest BCUT2D eigenvalue weighted by molar-refractivity contribution is 0.0602. The van der Waals surface area contributed by atoms with Crippen molar-refractivity contribution >= 4 is 51.2 Å². The van der Waals surface area contributed by atoms with Crippen LogP contribution >= 0.6 is 11.6 Å². The number of halogens is 1. The molecular formula is C24H19ClN2O6S. The molecule has 1 amide bonds. The van der Waals surface area contributed by atoms with Gasteiger partial charge in [-0.05, 0) is 66.6 Å². The van der Waals surface area contributed by atoms with E-state index in [1.165, 1.54) is 53.9 Å². The maximum Gasteiger partial charge on any atom is 0.339 e. The van der Waals surface area contributed by atoms with Crippen LogP contribution in [0.1, 0.15) is 36.6 Å². The molecule has 0 atom stereocenters. The largest absolute Gasteiger partial charge is 0.465 e. The predicted octanol–water partition coefficient (Wildman–Crippen LogP) is 3.94. The Balaban J connectivity index is 1.63. The second kappa shape index (κ2) is 9.28. The third kappa shape index (κ3) is 4.40. The van der Waals surface area contributed by atoms with Crippen molar-refractivity contribution in [3.63, 3.8) is 0 Å². The van der Waals surface area contributed by atoms with Crippen LogP contribution in [0.5, 0.6) is 0 Å². The van der Waals surface area contributed by atoms with Crippen molar-refractivity contribution in [1.29, 1.82) is 0 Å². The Kier molecular flexibility index (Phi) is 6.41. The van der Waals surface area contributed by atoms with Crippen LogP contribution in [0.25, 0.3) is 0 Å². The average molecular weight is 499 g/mol. The number of nitrogens with one attached hydrogen (secondary N) is 1. The topological polar surface area (TPSA) is 110 Å². The number of hydrogen-bond donors (Lipinski definition) is 1. The maximum absolute atomic E-state index is 13.3. The van der Waals surface area contributed by atoms with Crippen molar-refractivity contribution < 1.29 is 27.5 Å². The van der Waals surface area contributed by atoms with E-state index in [1.54, 1.807) is 18.2 Å². The number of fused-ring (bicyclic) bond motifs is 1. The molecule has 1 aliphatic rings. The second-order valence-corrected chi connectivity index (χ2v) is 9.80. The van der Waals surface area contributed by atoms with E-state index in [0.29, 0.717) is 23.4 Å². The van der Waals surface area contributed by atoms with E-state index in [1.807, 2.05) is 0 Å². The Labute approximate surface area is 201 Å². The zero-order chi connectivity index (χ0) is 24.5. The van der Waals surface area contributed by atoms with Crippen LogP contribution in [0, 0.1) is 0 Å². The Morgan fingerprint density at radius 1 is 1.09 bits per heavy atom. The Bertz CT molecular complexity index is 1420. The fourth-order valence-electron chi connectivity index (χ4n) is 3.73. The van der Waals surface area contributed by atoms with Gasteiger partial charge in [-0.3, -0.25) is 13.9 Å². The first-order valence-corrected chi connectivity index (χ1v) is 12.0. The van der Waals surface area contributed by atoms with Gasteiger partial charge in [-0.25, -0.2) is 13.2 Å². The summed E-state index contributed by atoms with van der Waals surface area (Å²) in [5.41, 5.74) is 1.82. The van der Waals surface area contributed by atoms with Crippen molar-refractivity contribution in [2.45, 2.75) is 11.3 Å². The van der Waals surface area contributed by atoms with Crippen LogP contribution in [-0.2, 0) is 21.2 Å². The first-order valence-electron chi connectivity index (χ1n) is 10.1. The first kappa shape index (κ1) is 23.5. The number of methoxy groups -OCH3 is 1. The smallest absolute Gasteiger partial charge is 0.339 e. The molecule has 0 saturated heterocycles. The van der Waals surface area contributed by atoms with Crippen LogP contribution in [-0.4, -0.2) is 40.2 Å². The number of carbonyl (C=O) groups excluding carboxylic acids is 3. The lowest BCUT2D eigenvalue weighted by Gasteiger charge is -2.20. The minimum atomic E-state index is -3.93. The number of ether oxygens (including phenoxy) is 1. The lowest BCUT2D eigenvalue weighted by atomic mass is 10.1. The van der Waals surface area contributed by atoms with E-state index in [9.17, 15) is 22.8 Å². The van der Waals surface area contributed by atoms with E-state index in [-0.39, 0.29) is 33.8 Å². The number of sulfonamides is 1. The summed E-state index contributed by atoms with van der Waals surface area (Å²) >= 11 is 6.02. The molecule has 0 aliphatic carbocycles. The SMILES string of the molecule is COC(=O)c1cc(C=O)ccc1NC(=O)c1cccc(S(=O)(=O)N2CCc3cc(Cl)ccc32)c1. The quantitative estimate of drug-likeness (QED) is 0.407. The van der Waals surface area contributed by atoms with E-state index < -0.39 is 21.9 Å². The van der Waals surface area contributed by atoms with Crippen molar-refractivity contribution in [1.82, 2.24) is 0 Å². The standard InChI is InChI=1S/C24H19ClN2O6S/c1-33-24(30)20-11-15(14-28)5-7-21(20)26-23(29)17-3-2-4-19(13-17)34(31,32)27-10-9-16-12-18(25)6-8-22(16)27/h2-8,11-14H,9-10H2,1H3,(H,26,29). The number of esters is 1. The van der Waals surface area contributed by atoms with Crippen LogP contribution in [0.3, 0.4) is 0 Å². The highest BCUT2D eigenvalue weighted by Gasteiger charge is 2.31. The number of amides is 1. The van der Waals surface area contributed by atoms with Gasteiger partial charge in [0.05, 0.1) is 28.9 Å². The summed E-state index contributed by atoms with van der Waals surface area (Å²) < 4.78 is 32.7. The molecule has 174 valence electrons. The highest BCUT2D eigenvalue weighted by atomic mass is 35.5. The van der Waals surface area contributed by atoms with Crippen molar-refractivity contribution in [2.75, 3.05) is 23.3 Å². The number of aldehydes is 1. The molecule has 0 spiro atoms. The molecule has 0 bridgehead atoms. The van der Waals surface area contributed by atoms with Crippen molar-refractivity contribution in [3.8, 4) is 0 Å². The fourth-order valence-corrected chi connectivity index (χ4v) is 5.48. The molecule has 0 aromatic heterocycles. The molecule has 3 aromatic carbocycles. The minimum Gasteiger partial charge on any atom is -0.465 e. The van der Waals surface area contributed by atoms with Crippen molar-refractivity contribution in [3.05, 3.63) is 87.9 Å². The third-order valence-electron chi connectivity index (χ3n) is 5.41. The summed E-state index contributed by atoms with van der Waals surface area (Å²) in [5.74, 6) is -1.36. The van der Waals surface area contributed by atoms with Crippen LogP contribution in [0.15, 0.2) is 65.6 Å². The normalized spacial score (nSPS) is 12.7. The summed E-state index contributed by atoms with van der Waals surface area (Å²) in [4.78, 5) is 36.0. The molecule has 8 nitrogen and oxygen atoms in total. The molecule has 0 saturated carbocycles. The zero-order valence-electron chi connectivity index (χ0n) is 17.9. The average Bonchev–Trinajstić information content (AvgIpc) is 3.27. The molecule has 3 aromatic rings. The van der Waals surface area contributed by atoms with E-state index in [4.69, 9.17) is 16.3 Å². The van der Waals surface area contributed by atoms with Gasteiger partial charge in [0.25, 0.3) is 15.9 Å².